The Morgan fingerprint density at radius 1 is 1.00 bits per heavy atom. The van der Waals surface area contributed by atoms with Crippen LogP contribution in [0.4, 0.5) is 26.3 Å². The van der Waals surface area contributed by atoms with Crippen molar-refractivity contribution in [3.63, 3.8) is 0 Å². The minimum absolute atomic E-state index is 0.0110. The number of hydrogen-bond acceptors (Lipinski definition) is 3. The lowest BCUT2D eigenvalue weighted by Gasteiger charge is -2.40. The van der Waals surface area contributed by atoms with Gasteiger partial charge in [0.1, 0.15) is 0 Å². The van der Waals surface area contributed by atoms with Gasteiger partial charge in [0.15, 0.2) is 0 Å². The van der Waals surface area contributed by atoms with Gasteiger partial charge in [0.2, 0.25) is 5.91 Å². The van der Waals surface area contributed by atoms with Gasteiger partial charge in [-0.3, -0.25) is 4.79 Å². The van der Waals surface area contributed by atoms with Gasteiger partial charge in [0, 0.05) is 18.6 Å². The van der Waals surface area contributed by atoms with Gasteiger partial charge in [-0.05, 0) is 75.6 Å². The van der Waals surface area contributed by atoms with E-state index in [4.69, 9.17) is 0 Å². The molecule has 2 aliphatic carbocycles. The Balaban J connectivity index is 1.77. The van der Waals surface area contributed by atoms with Crippen LogP contribution in [0.15, 0.2) is 18.2 Å². The third kappa shape index (κ3) is 6.31. The fourth-order valence-corrected chi connectivity index (χ4v) is 5.57. The zero-order valence-electron chi connectivity index (χ0n) is 20.2. The minimum Gasteiger partial charge on any atom is -0.389 e. The summed E-state index contributed by atoms with van der Waals surface area (Å²) < 4.78 is 79.0. The monoisotopic (exact) mass is 508 g/mol. The van der Waals surface area contributed by atoms with Gasteiger partial charge in [0.25, 0.3) is 0 Å². The molecule has 0 saturated heterocycles. The molecule has 10 heteroatoms. The summed E-state index contributed by atoms with van der Waals surface area (Å²) in [5.74, 6) is -0.0737. The largest absolute Gasteiger partial charge is 0.416 e. The van der Waals surface area contributed by atoms with Crippen molar-refractivity contribution in [1.29, 1.82) is 0 Å². The second-order valence-electron chi connectivity index (χ2n) is 10.7. The summed E-state index contributed by atoms with van der Waals surface area (Å²) in [7, 11) is 0. The Morgan fingerprint density at radius 3 is 2.09 bits per heavy atom. The number of aliphatic hydroxyl groups is 1. The molecule has 2 aliphatic rings. The molecule has 35 heavy (non-hydrogen) atoms. The molecule has 3 N–H and O–H groups in total. The van der Waals surface area contributed by atoms with Crippen LogP contribution in [0.2, 0.25) is 0 Å². The average molecular weight is 509 g/mol. The molecule has 2 saturated carbocycles. The first-order valence-corrected chi connectivity index (χ1v) is 12.1. The summed E-state index contributed by atoms with van der Waals surface area (Å²) in [5, 5.41) is 17.1. The molecule has 2 fully saturated rings. The zero-order chi connectivity index (χ0) is 26.2. The number of hydrogen-bond donors (Lipinski definition) is 3. The average Bonchev–Trinajstić information content (AvgIpc) is 3.17. The first-order valence-electron chi connectivity index (χ1n) is 12.1. The maximum Gasteiger partial charge on any atom is 0.416 e. The topological polar surface area (TPSA) is 61.4 Å². The second-order valence-corrected chi connectivity index (χ2v) is 10.7. The van der Waals surface area contributed by atoms with Crippen LogP contribution in [-0.2, 0) is 23.7 Å². The number of carbonyl (C=O) groups is 1. The van der Waals surface area contributed by atoms with Crippen LogP contribution in [0.5, 0.6) is 0 Å². The molecule has 0 aromatic heterocycles. The molecule has 0 aliphatic heterocycles. The van der Waals surface area contributed by atoms with E-state index < -0.39 is 46.9 Å². The van der Waals surface area contributed by atoms with Crippen LogP contribution in [0, 0.1) is 11.3 Å². The first-order chi connectivity index (χ1) is 16.0. The molecule has 4 nitrogen and oxygen atoms in total. The fourth-order valence-electron chi connectivity index (χ4n) is 5.57. The highest BCUT2D eigenvalue weighted by Crippen LogP contribution is 2.47. The van der Waals surface area contributed by atoms with Crippen LogP contribution in [-0.4, -0.2) is 28.7 Å². The highest BCUT2D eigenvalue weighted by Gasteiger charge is 2.54. The number of rotatable bonds is 6. The highest BCUT2D eigenvalue weighted by atomic mass is 19.4. The summed E-state index contributed by atoms with van der Waals surface area (Å²) in [6.07, 6.45) is -4.12. The van der Waals surface area contributed by atoms with E-state index >= 15 is 0 Å². The molecule has 0 bridgehead atoms. The molecule has 198 valence electrons. The van der Waals surface area contributed by atoms with E-state index in [2.05, 4.69) is 17.6 Å². The summed E-state index contributed by atoms with van der Waals surface area (Å²) in [4.78, 5) is 13.3. The quantitative estimate of drug-likeness (QED) is 0.425. The smallest absolute Gasteiger partial charge is 0.389 e. The van der Waals surface area contributed by atoms with E-state index in [1.807, 2.05) is 0 Å². The number of alkyl halides is 6. The number of nitrogens with one attached hydrogen (secondary N) is 2. The molecule has 3 rings (SSSR count). The van der Waals surface area contributed by atoms with Gasteiger partial charge < -0.3 is 15.7 Å². The highest BCUT2D eigenvalue weighted by molar-refractivity contribution is 5.84. The summed E-state index contributed by atoms with van der Waals surface area (Å²) in [6, 6.07) is 1.58. The van der Waals surface area contributed by atoms with E-state index in [1.54, 1.807) is 0 Å². The van der Waals surface area contributed by atoms with E-state index in [-0.39, 0.29) is 17.7 Å². The number of benzene rings is 1. The fraction of sp³-hybridized carbons (Fsp3) is 0.720. The SMILES string of the molecule is CC1CCCCC1N[C@@H]1CC[C@@](C(=O)NCc2cc(C(F)(F)F)cc(C(F)(F)F)c2)(C(C)(C)O)C1. The molecule has 1 aromatic rings. The molecule has 2 unspecified atom stereocenters. The van der Waals surface area contributed by atoms with Gasteiger partial charge >= 0.3 is 12.4 Å². The van der Waals surface area contributed by atoms with Crippen molar-refractivity contribution in [2.45, 2.75) is 102 Å². The maximum atomic E-state index is 13.3. The van der Waals surface area contributed by atoms with Crippen molar-refractivity contribution in [2.75, 3.05) is 0 Å². The Morgan fingerprint density at radius 2 is 1.57 bits per heavy atom. The van der Waals surface area contributed by atoms with E-state index in [1.165, 1.54) is 20.3 Å². The Hall–Kier alpha value is -1.81. The molecule has 0 heterocycles. The standard InChI is InChI=1S/C25H34F6N2O2/c1-15-6-4-5-7-20(15)33-19-8-9-23(13-19,22(2,3)35)21(34)32-14-16-10-17(24(26,27)28)12-18(11-16)25(29,30)31/h10-12,15,19-20,33,35H,4-9,13-14H2,1-3H3,(H,32,34)/t15?,19-,20?,23-/m1/s1. The van der Waals surface area contributed by atoms with Crippen LogP contribution in [0.25, 0.3) is 0 Å². The van der Waals surface area contributed by atoms with Crippen LogP contribution in [0.3, 0.4) is 0 Å². The molecule has 4 atom stereocenters. The van der Waals surface area contributed by atoms with Gasteiger partial charge in [0.05, 0.1) is 22.1 Å². The lowest BCUT2D eigenvalue weighted by Crippen LogP contribution is -2.53. The Bertz CT molecular complexity index is 876. The first kappa shape index (κ1) is 27.8. The van der Waals surface area contributed by atoms with E-state index in [0.29, 0.717) is 43.4 Å². The van der Waals surface area contributed by atoms with Crippen LogP contribution < -0.4 is 10.6 Å². The maximum absolute atomic E-state index is 13.3. The van der Waals surface area contributed by atoms with Crippen molar-refractivity contribution < 1.29 is 36.2 Å². The molecule has 0 radical (unpaired) electrons. The summed E-state index contributed by atoms with van der Waals surface area (Å²) in [5.41, 5.74) is -5.82. The third-order valence-corrected chi connectivity index (χ3v) is 7.78. The minimum atomic E-state index is -4.96. The zero-order valence-corrected chi connectivity index (χ0v) is 20.2. The molecular formula is C25H34F6N2O2. The third-order valence-electron chi connectivity index (χ3n) is 7.78. The van der Waals surface area contributed by atoms with Crippen molar-refractivity contribution in [1.82, 2.24) is 10.6 Å². The van der Waals surface area contributed by atoms with Gasteiger partial charge in [-0.15, -0.1) is 0 Å². The molecular weight excluding hydrogens is 474 g/mol. The number of halogens is 6. The summed E-state index contributed by atoms with van der Waals surface area (Å²) >= 11 is 0. The molecule has 1 aromatic carbocycles. The number of carbonyl (C=O) groups excluding carboxylic acids is 1. The molecule has 1 amide bonds. The molecule has 0 spiro atoms. The van der Waals surface area contributed by atoms with Crippen LogP contribution in [0.1, 0.15) is 82.4 Å². The summed E-state index contributed by atoms with van der Waals surface area (Å²) in [6.45, 7) is 4.71. The Kier molecular flexibility index (Phi) is 7.87. The Labute approximate surface area is 201 Å². The van der Waals surface area contributed by atoms with Gasteiger partial charge in [-0.1, -0.05) is 19.8 Å². The predicted octanol–water partition coefficient (Wildman–Crippen LogP) is 5.82. The predicted molar refractivity (Wildman–Crippen MR) is 119 cm³/mol. The lowest BCUT2D eigenvalue weighted by atomic mass is 9.71. The van der Waals surface area contributed by atoms with Crippen molar-refractivity contribution >= 4 is 5.91 Å². The van der Waals surface area contributed by atoms with E-state index in [0.717, 1.165) is 19.3 Å². The van der Waals surface area contributed by atoms with E-state index in [9.17, 15) is 36.2 Å². The normalized spacial score (nSPS) is 28.2. The lowest BCUT2D eigenvalue weighted by molar-refractivity contribution is -0.146. The number of amides is 1. The van der Waals surface area contributed by atoms with Crippen molar-refractivity contribution in [3.8, 4) is 0 Å². The van der Waals surface area contributed by atoms with Gasteiger partial charge in [-0.25, -0.2) is 0 Å². The second kappa shape index (κ2) is 9.92. The van der Waals surface area contributed by atoms with Crippen LogP contribution >= 0.6 is 0 Å². The van der Waals surface area contributed by atoms with Crippen molar-refractivity contribution in [3.05, 3.63) is 34.9 Å². The van der Waals surface area contributed by atoms with Gasteiger partial charge in [-0.2, -0.15) is 26.3 Å². The van der Waals surface area contributed by atoms with Crippen molar-refractivity contribution in [2.24, 2.45) is 11.3 Å².